The van der Waals surface area contributed by atoms with Crippen molar-refractivity contribution in [3.05, 3.63) is 21.4 Å². The van der Waals surface area contributed by atoms with Crippen LogP contribution in [0.5, 0.6) is 0 Å². The minimum absolute atomic E-state index is 0.0240. The maximum Gasteiger partial charge on any atom is 0.305 e. The Kier molecular flexibility index (Phi) is 4.03. The van der Waals surface area contributed by atoms with E-state index in [-0.39, 0.29) is 18.4 Å². The zero-order valence-corrected chi connectivity index (χ0v) is 12.8. The molecule has 1 saturated heterocycles. The highest BCUT2D eigenvalue weighted by atomic mass is 32.2. The minimum atomic E-state index is -0.830. The molecule has 0 saturated carbocycles. The van der Waals surface area contributed by atoms with E-state index in [9.17, 15) is 9.59 Å². The summed E-state index contributed by atoms with van der Waals surface area (Å²) < 4.78 is 0. The fourth-order valence-electron chi connectivity index (χ4n) is 2.87. The van der Waals surface area contributed by atoms with Crippen LogP contribution in [-0.4, -0.2) is 46.0 Å². The molecule has 0 aromatic carbocycles. The van der Waals surface area contributed by atoms with Crippen molar-refractivity contribution in [3.63, 3.8) is 0 Å². The number of amides is 1. The fourth-order valence-corrected chi connectivity index (χ4v) is 5.14. The van der Waals surface area contributed by atoms with Gasteiger partial charge in [-0.25, -0.2) is 0 Å². The van der Waals surface area contributed by atoms with Gasteiger partial charge in [-0.1, -0.05) is 0 Å². The molecule has 1 aromatic rings. The largest absolute Gasteiger partial charge is 0.481 e. The van der Waals surface area contributed by atoms with Gasteiger partial charge < -0.3 is 10.0 Å². The second kappa shape index (κ2) is 5.77. The summed E-state index contributed by atoms with van der Waals surface area (Å²) in [6.07, 6.45) is 3.40. The van der Waals surface area contributed by atoms with Crippen molar-refractivity contribution in [3.8, 4) is 0 Å². The standard InChI is InChI=1S/C14H17NO3S2/c16-13(17)7-10-8-19-5-4-15(10)14(18)12-6-9-2-1-3-11(9)20-12/h6,10H,1-5,7-8H2,(H,16,17). The van der Waals surface area contributed by atoms with E-state index >= 15 is 0 Å². The third kappa shape index (κ3) is 2.72. The Hall–Kier alpha value is -1.01. The van der Waals surface area contributed by atoms with Crippen LogP contribution in [0.4, 0.5) is 0 Å². The van der Waals surface area contributed by atoms with Gasteiger partial charge in [-0.3, -0.25) is 9.59 Å². The number of carbonyl (C=O) groups is 2. The Morgan fingerprint density at radius 3 is 3.00 bits per heavy atom. The van der Waals surface area contributed by atoms with Crippen LogP contribution in [0.25, 0.3) is 0 Å². The Balaban J connectivity index is 1.78. The maximum atomic E-state index is 12.6. The molecule has 0 spiro atoms. The number of carboxylic acids is 1. The lowest BCUT2D eigenvalue weighted by molar-refractivity contribution is -0.138. The number of aryl methyl sites for hydroxylation is 2. The number of nitrogens with zero attached hydrogens (tertiary/aromatic N) is 1. The quantitative estimate of drug-likeness (QED) is 0.930. The normalized spacial score (nSPS) is 21.8. The first-order valence-corrected chi connectivity index (χ1v) is 8.84. The first-order valence-electron chi connectivity index (χ1n) is 6.87. The van der Waals surface area contributed by atoms with Crippen LogP contribution in [-0.2, 0) is 17.6 Å². The second-order valence-corrected chi connectivity index (χ2v) is 7.52. The van der Waals surface area contributed by atoms with Crippen LogP contribution < -0.4 is 0 Å². The molecule has 20 heavy (non-hydrogen) atoms. The van der Waals surface area contributed by atoms with Crippen LogP contribution in [0.15, 0.2) is 6.07 Å². The van der Waals surface area contributed by atoms with E-state index in [1.165, 1.54) is 16.9 Å². The molecule has 6 heteroatoms. The molecule has 2 heterocycles. The smallest absolute Gasteiger partial charge is 0.305 e. The van der Waals surface area contributed by atoms with Gasteiger partial charge in [0.1, 0.15) is 0 Å². The zero-order valence-electron chi connectivity index (χ0n) is 11.1. The van der Waals surface area contributed by atoms with E-state index in [1.54, 1.807) is 28.0 Å². The van der Waals surface area contributed by atoms with Crippen LogP contribution >= 0.6 is 23.1 Å². The molecule has 2 aliphatic rings. The zero-order chi connectivity index (χ0) is 14.1. The molecule has 4 nitrogen and oxygen atoms in total. The van der Waals surface area contributed by atoms with Crippen molar-refractivity contribution in [2.24, 2.45) is 0 Å². The Morgan fingerprint density at radius 2 is 2.25 bits per heavy atom. The molecule has 1 aliphatic heterocycles. The molecule has 1 aliphatic carbocycles. The van der Waals surface area contributed by atoms with E-state index in [4.69, 9.17) is 5.11 Å². The Labute approximate surface area is 126 Å². The van der Waals surface area contributed by atoms with Gasteiger partial charge in [-0.15, -0.1) is 11.3 Å². The summed E-state index contributed by atoms with van der Waals surface area (Å²) in [7, 11) is 0. The van der Waals surface area contributed by atoms with E-state index in [2.05, 4.69) is 0 Å². The molecule has 1 unspecified atom stereocenters. The van der Waals surface area contributed by atoms with Crippen LogP contribution in [0.1, 0.15) is 33.0 Å². The molecule has 1 aromatic heterocycles. The summed E-state index contributed by atoms with van der Waals surface area (Å²) in [6, 6.07) is 1.85. The molecular formula is C14H17NO3S2. The summed E-state index contributed by atoms with van der Waals surface area (Å²) in [4.78, 5) is 27.5. The maximum absolute atomic E-state index is 12.6. The second-order valence-electron chi connectivity index (χ2n) is 5.24. The van der Waals surface area contributed by atoms with Gasteiger partial charge in [0.2, 0.25) is 0 Å². The average Bonchev–Trinajstić information content (AvgIpc) is 2.98. The van der Waals surface area contributed by atoms with Crippen LogP contribution in [0.2, 0.25) is 0 Å². The van der Waals surface area contributed by atoms with Crippen molar-refractivity contribution < 1.29 is 14.7 Å². The highest BCUT2D eigenvalue weighted by Crippen LogP contribution is 2.32. The number of fused-ring (bicyclic) bond motifs is 1. The van der Waals surface area contributed by atoms with Crippen LogP contribution in [0.3, 0.4) is 0 Å². The molecule has 0 bridgehead atoms. The molecule has 1 fully saturated rings. The predicted molar refractivity (Wildman–Crippen MR) is 80.7 cm³/mol. The topological polar surface area (TPSA) is 57.6 Å². The van der Waals surface area contributed by atoms with Gasteiger partial charge >= 0.3 is 5.97 Å². The van der Waals surface area contributed by atoms with Gasteiger partial charge in [-0.2, -0.15) is 11.8 Å². The lowest BCUT2D eigenvalue weighted by Gasteiger charge is -2.34. The van der Waals surface area contributed by atoms with Gasteiger partial charge in [0, 0.05) is 22.9 Å². The van der Waals surface area contributed by atoms with E-state index in [0.29, 0.717) is 6.54 Å². The number of carbonyl (C=O) groups excluding carboxylic acids is 1. The van der Waals surface area contributed by atoms with Gasteiger partial charge in [0.05, 0.1) is 17.3 Å². The summed E-state index contributed by atoms with van der Waals surface area (Å²) in [6.45, 7) is 0.657. The number of thioether (sulfide) groups is 1. The highest BCUT2D eigenvalue weighted by molar-refractivity contribution is 7.99. The van der Waals surface area contributed by atoms with Crippen molar-refractivity contribution in [2.45, 2.75) is 31.7 Å². The van der Waals surface area contributed by atoms with Crippen molar-refractivity contribution >= 4 is 35.0 Å². The highest BCUT2D eigenvalue weighted by Gasteiger charge is 2.31. The predicted octanol–water partition coefficient (Wildman–Crippen LogP) is 2.27. The van der Waals surface area contributed by atoms with Gasteiger partial charge in [0.15, 0.2) is 0 Å². The first kappa shape index (κ1) is 13.9. The van der Waals surface area contributed by atoms with Crippen molar-refractivity contribution in [1.82, 2.24) is 4.90 Å². The van der Waals surface area contributed by atoms with E-state index in [0.717, 1.165) is 29.2 Å². The third-order valence-electron chi connectivity index (χ3n) is 3.86. The van der Waals surface area contributed by atoms with E-state index in [1.807, 2.05) is 6.07 Å². The monoisotopic (exact) mass is 311 g/mol. The number of aliphatic carboxylic acids is 1. The van der Waals surface area contributed by atoms with Crippen molar-refractivity contribution in [1.29, 1.82) is 0 Å². The molecular weight excluding hydrogens is 294 g/mol. The van der Waals surface area contributed by atoms with Gasteiger partial charge in [0.25, 0.3) is 5.91 Å². The summed E-state index contributed by atoms with van der Waals surface area (Å²) in [5.74, 6) is 0.815. The number of carboxylic acid groups (broad SMARTS) is 1. The first-order chi connectivity index (χ1) is 9.65. The molecule has 3 rings (SSSR count). The molecule has 1 N–H and O–H groups in total. The summed E-state index contributed by atoms with van der Waals surface area (Å²) in [5, 5.41) is 8.99. The lowest BCUT2D eigenvalue weighted by Crippen LogP contribution is -2.46. The molecule has 1 atom stereocenters. The number of rotatable bonds is 3. The number of hydrogen-bond acceptors (Lipinski definition) is 4. The molecule has 1 amide bonds. The number of thiophene rings is 1. The number of hydrogen-bond donors (Lipinski definition) is 1. The minimum Gasteiger partial charge on any atom is -0.481 e. The van der Waals surface area contributed by atoms with Crippen molar-refractivity contribution in [2.75, 3.05) is 18.1 Å². The summed E-state index contributed by atoms with van der Waals surface area (Å²) in [5.41, 5.74) is 1.32. The molecule has 108 valence electrons. The Morgan fingerprint density at radius 1 is 1.40 bits per heavy atom. The third-order valence-corrected chi connectivity index (χ3v) is 6.17. The van der Waals surface area contributed by atoms with Gasteiger partial charge in [-0.05, 0) is 30.9 Å². The average molecular weight is 311 g/mol. The van der Waals surface area contributed by atoms with Crippen LogP contribution in [0, 0.1) is 0 Å². The lowest BCUT2D eigenvalue weighted by atomic mass is 10.1. The SMILES string of the molecule is O=C(O)CC1CSCCN1C(=O)c1cc2c(s1)CCC2. The summed E-state index contributed by atoms with van der Waals surface area (Å²) >= 11 is 3.33. The van der Waals surface area contributed by atoms with E-state index < -0.39 is 5.97 Å². The Bertz CT molecular complexity index is 519. The molecule has 0 radical (unpaired) electrons. The fraction of sp³-hybridized carbons (Fsp3) is 0.571.